The summed E-state index contributed by atoms with van der Waals surface area (Å²) in [6.07, 6.45) is 10.2. The number of anilines is 1. The Bertz CT molecular complexity index is 768. The molecule has 0 saturated carbocycles. The lowest BCUT2D eigenvalue weighted by Crippen LogP contribution is -2.09. The van der Waals surface area contributed by atoms with E-state index in [0.717, 1.165) is 25.1 Å². The number of allylic oxidation sites excluding steroid dienone is 3. The highest BCUT2D eigenvalue weighted by atomic mass is 32.1. The second-order valence-electron chi connectivity index (χ2n) is 6.63. The molecule has 2 aromatic rings. The van der Waals surface area contributed by atoms with Crippen LogP contribution < -0.4 is 5.32 Å². The van der Waals surface area contributed by atoms with Crippen molar-refractivity contribution in [2.45, 2.75) is 47.0 Å². The normalized spacial score (nSPS) is 17.6. The summed E-state index contributed by atoms with van der Waals surface area (Å²) in [6.45, 7) is 9.75. The van der Waals surface area contributed by atoms with Gasteiger partial charge in [0.15, 0.2) is 0 Å². The van der Waals surface area contributed by atoms with Crippen molar-refractivity contribution in [1.82, 2.24) is 4.98 Å². The third-order valence-corrected chi connectivity index (χ3v) is 5.81. The molecule has 3 heteroatoms. The fourth-order valence-corrected chi connectivity index (χ4v) is 4.56. The van der Waals surface area contributed by atoms with Crippen LogP contribution in [0.2, 0.25) is 0 Å². The molecule has 0 bridgehead atoms. The third-order valence-electron chi connectivity index (χ3n) is 4.44. The predicted molar refractivity (Wildman–Crippen MR) is 103 cm³/mol. The molecule has 0 aliphatic heterocycles. The van der Waals surface area contributed by atoms with Gasteiger partial charge in [0.1, 0.15) is 0 Å². The van der Waals surface area contributed by atoms with E-state index in [4.69, 9.17) is 4.98 Å². The largest absolute Gasteiger partial charge is 0.380 e. The molecule has 2 aromatic heterocycles. The first-order valence-corrected chi connectivity index (χ1v) is 9.39. The van der Waals surface area contributed by atoms with Gasteiger partial charge in [0.25, 0.3) is 0 Å². The minimum absolute atomic E-state index is 0.649. The standard InChI is InChI=1S/C20H26N2S/c1-5-7-18-15(4)19-20(23-18)17(11-14(3)22-19)21-12-16-9-6-8-13(2)10-16/h6,8-9,11,13H,5,7,10,12H2,1-4H3,(H,21,22). The molecule has 23 heavy (non-hydrogen) atoms. The Morgan fingerprint density at radius 2 is 2.17 bits per heavy atom. The van der Waals surface area contributed by atoms with Crippen molar-refractivity contribution in [3.8, 4) is 0 Å². The summed E-state index contributed by atoms with van der Waals surface area (Å²) in [4.78, 5) is 6.27. The Morgan fingerprint density at radius 1 is 1.35 bits per heavy atom. The van der Waals surface area contributed by atoms with Crippen LogP contribution in [0.5, 0.6) is 0 Å². The van der Waals surface area contributed by atoms with Crippen molar-refractivity contribution in [1.29, 1.82) is 0 Å². The maximum absolute atomic E-state index is 4.79. The first-order valence-electron chi connectivity index (χ1n) is 8.58. The van der Waals surface area contributed by atoms with Crippen molar-refractivity contribution >= 4 is 27.2 Å². The average Bonchev–Trinajstić information content (AvgIpc) is 2.82. The monoisotopic (exact) mass is 326 g/mol. The molecule has 2 nitrogen and oxygen atoms in total. The molecule has 0 radical (unpaired) electrons. The van der Waals surface area contributed by atoms with Crippen LogP contribution in [0.3, 0.4) is 0 Å². The van der Waals surface area contributed by atoms with Gasteiger partial charge in [-0.25, -0.2) is 0 Å². The Hall–Kier alpha value is -1.61. The fourth-order valence-electron chi connectivity index (χ4n) is 3.22. The molecule has 3 rings (SSSR count). The molecule has 1 unspecified atom stereocenters. The minimum Gasteiger partial charge on any atom is -0.380 e. The lowest BCUT2D eigenvalue weighted by molar-refractivity contribution is 0.701. The smallest absolute Gasteiger partial charge is 0.0865 e. The Labute approximate surface area is 143 Å². The van der Waals surface area contributed by atoms with E-state index in [-0.39, 0.29) is 0 Å². The van der Waals surface area contributed by atoms with E-state index >= 15 is 0 Å². The van der Waals surface area contributed by atoms with Crippen LogP contribution in [0, 0.1) is 19.8 Å². The summed E-state index contributed by atoms with van der Waals surface area (Å²) in [5.74, 6) is 0.649. The van der Waals surface area contributed by atoms with E-state index in [1.54, 1.807) is 0 Å². The van der Waals surface area contributed by atoms with Gasteiger partial charge in [-0.3, -0.25) is 4.98 Å². The van der Waals surface area contributed by atoms with E-state index in [2.05, 4.69) is 57.3 Å². The number of hydrogen-bond acceptors (Lipinski definition) is 3. The Morgan fingerprint density at radius 3 is 2.91 bits per heavy atom. The molecule has 1 aliphatic rings. The van der Waals surface area contributed by atoms with Crippen LogP contribution in [0.15, 0.2) is 29.9 Å². The Balaban J connectivity index is 1.89. The van der Waals surface area contributed by atoms with Gasteiger partial charge >= 0.3 is 0 Å². The van der Waals surface area contributed by atoms with E-state index in [1.165, 1.54) is 38.3 Å². The van der Waals surface area contributed by atoms with Crippen molar-refractivity contribution < 1.29 is 0 Å². The van der Waals surface area contributed by atoms with Crippen molar-refractivity contribution in [2.75, 3.05) is 11.9 Å². The number of fused-ring (bicyclic) bond motifs is 1. The molecule has 0 amide bonds. The number of pyridine rings is 1. The lowest BCUT2D eigenvalue weighted by Gasteiger charge is -2.16. The quantitative estimate of drug-likeness (QED) is 0.751. The number of nitrogens with one attached hydrogen (secondary N) is 1. The summed E-state index contributed by atoms with van der Waals surface area (Å²) < 4.78 is 1.32. The number of hydrogen-bond donors (Lipinski definition) is 1. The van der Waals surface area contributed by atoms with Crippen LogP contribution in [0.25, 0.3) is 10.2 Å². The first-order chi connectivity index (χ1) is 11.1. The average molecular weight is 327 g/mol. The summed E-state index contributed by atoms with van der Waals surface area (Å²) in [7, 11) is 0. The van der Waals surface area contributed by atoms with Crippen LogP contribution >= 0.6 is 11.3 Å². The third kappa shape index (κ3) is 3.50. The second-order valence-corrected chi connectivity index (χ2v) is 7.74. The van der Waals surface area contributed by atoms with E-state index < -0.39 is 0 Å². The number of aryl methyl sites for hydroxylation is 3. The number of thiophene rings is 1. The van der Waals surface area contributed by atoms with Gasteiger partial charge in [-0.05, 0) is 44.2 Å². The van der Waals surface area contributed by atoms with Gasteiger partial charge in [0.2, 0.25) is 0 Å². The van der Waals surface area contributed by atoms with E-state index in [9.17, 15) is 0 Å². The van der Waals surface area contributed by atoms with Gasteiger partial charge in [-0.1, -0.05) is 44.1 Å². The maximum atomic E-state index is 4.79. The molecular weight excluding hydrogens is 300 g/mol. The molecule has 0 aromatic carbocycles. The van der Waals surface area contributed by atoms with Crippen LogP contribution in [-0.2, 0) is 6.42 Å². The lowest BCUT2D eigenvalue weighted by atomic mass is 9.96. The summed E-state index contributed by atoms with van der Waals surface area (Å²) in [5.41, 5.74) is 6.37. The molecule has 122 valence electrons. The zero-order valence-electron chi connectivity index (χ0n) is 14.6. The van der Waals surface area contributed by atoms with Gasteiger partial charge in [-0.15, -0.1) is 11.3 Å². The van der Waals surface area contributed by atoms with Crippen molar-refractivity contribution in [2.24, 2.45) is 5.92 Å². The van der Waals surface area contributed by atoms with Gasteiger partial charge in [0.05, 0.1) is 15.9 Å². The zero-order valence-corrected chi connectivity index (χ0v) is 15.4. The summed E-state index contributed by atoms with van der Waals surface area (Å²) in [5, 5.41) is 3.67. The zero-order chi connectivity index (χ0) is 16.4. The molecule has 0 saturated heterocycles. The van der Waals surface area contributed by atoms with Gasteiger partial charge < -0.3 is 5.32 Å². The molecule has 2 heterocycles. The van der Waals surface area contributed by atoms with Crippen molar-refractivity contribution in [3.05, 3.63) is 46.0 Å². The molecule has 1 N–H and O–H groups in total. The highest BCUT2D eigenvalue weighted by molar-refractivity contribution is 7.19. The van der Waals surface area contributed by atoms with Gasteiger partial charge in [-0.2, -0.15) is 0 Å². The highest BCUT2D eigenvalue weighted by Gasteiger charge is 2.14. The molecule has 1 atom stereocenters. The molecule has 0 fully saturated rings. The number of nitrogens with zero attached hydrogens (tertiary/aromatic N) is 1. The maximum Gasteiger partial charge on any atom is 0.0865 e. The predicted octanol–water partition coefficient (Wildman–Crippen LogP) is 5.80. The van der Waals surface area contributed by atoms with Crippen LogP contribution in [0.1, 0.15) is 42.8 Å². The van der Waals surface area contributed by atoms with E-state index in [0.29, 0.717) is 5.92 Å². The van der Waals surface area contributed by atoms with Crippen LogP contribution in [-0.4, -0.2) is 11.5 Å². The topological polar surface area (TPSA) is 24.9 Å². The minimum atomic E-state index is 0.649. The number of rotatable bonds is 5. The number of aromatic nitrogens is 1. The summed E-state index contributed by atoms with van der Waals surface area (Å²) in [6, 6.07) is 2.19. The molecule has 0 spiro atoms. The Kier molecular flexibility index (Phi) is 4.86. The first kappa shape index (κ1) is 16.3. The molecular formula is C20H26N2S. The fraction of sp³-hybridized carbons (Fsp3) is 0.450. The van der Waals surface area contributed by atoms with E-state index in [1.807, 2.05) is 11.3 Å². The molecule has 1 aliphatic carbocycles. The van der Waals surface area contributed by atoms with Crippen LogP contribution in [0.4, 0.5) is 5.69 Å². The summed E-state index contributed by atoms with van der Waals surface area (Å²) >= 11 is 1.91. The van der Waals surface area contributed by atoms with Gasteiger partial charge in [0, 0.05) is 17.1 Å². The second kappa shape index (κ2) is 6.88. The SMILES string of the molecule is CCCc1sc2c(NCC3=CC=CC(C)C3)cc(C)nc2c1C. The highest BCUT2D eigenvalue weighted by Crippen LogP contribution is 2.36. The van der Waals surface area contributed by atoms with Crippen molar-refractivity contribution in [3.63, 3.8) is 0 Å².